The molecule has 0 radical (unpaired) electrons. The standard InChI is InChI=1S/C25H24N4O3S/c1-18-7-9-19(10-8-18)15-27-23(30)17-33-25-26-11-12-29(25)21-5-2-4-20(14-21)24(31)28-16-22-6-3-13-32-22/h2-14H,15-17H2,1H3,(H,27,30)(H,28,31). The van der Waals surface area contributed by atoms with E-state index in [4.69, 9.17) is 4.42 Å². The van der Waals surface area contributed by atoms with Crippen LogP contribution in [0.3, 0.4) is 0 Å². The Balaban J connectivity index is 1.34. The zero-order valence-corrected chi connectivity index (χ0v) is 19.0. The van der Waals surface area contributed by atoms with E-state index in [0.29, 0.717) is 29.6 Å². The van der Waals surface area contributed by atoms with Crippen molar-refractivity contribution in [3.05, 3.63) is 102 Å². The van der Waals surface area contributed by atoms with Crippen LogP contribution < -0.4 is 10.6 Å². The topological polar surface area (TPSA) is 89.2 Å². The first-order valence-corrected chi connectivity index (χ1v) is 11.5. The van der Waals surface area contributed by atoms with Gasteiger partial charge in [-0.25, -0.2) is 4.98 Å². The lowest BCUT2D eigenvalue weighted by molar-refractivity contribution is -0.118. The van der Waals surface area contributed by atoms with E-state index in [9.17, 15) is 9.59 Å². The van der Waals surface area contributed by atoms with Gasteiger partial charge in [0.2, 0.25) is 5.91 Å². The van der Waals surface area contributed by atoms with Crippen LogP contribution in [0.25, 0.3) is 5.69 Å². The molecule has 2 N–H and O–H groups in total. The van der Waals surface area contributed by atoms with E-state index in [2.05, 4.69) is 15.6 Å². The Morgan fingerprint density at radius 2 is 1.88 bits per heavy atom. The summed E-state index contributed by atoms with van der Waals surface area (Å²) in [6.07, 6.45) is 5.06. The van der Waals surface area contributed by atoms with Crippen molar-refractivity contribution in [3.8, 4) is 5.69 Å². The molecule has 0 spiro atoms. The van der Waals surface area contributed by atoms with Crippen molar-refractivity contribution in [1.82, 2.24) is 20.2 Å². The average Bonchev–Trinajstić information content (AvgIpc) is 3.53. The molecule has 0 saturated carbocycles. The van der Waals surface area contributed by atoms with Gasteiger partial charge in [-0.05, 0) is 42.8 Å². The largest absolute Gasteiger partial charge is 0.467 e. The predicted octanol–water partition coefficient (Wildman–Crippen LogP) is 4.11. The Bertz CT molecular complexity index is 1220. The molecule has 0 aliphatic rings. The van der Waals surface area contributed by atoms with Crippen LogP contribution in [0.5, 0.6) is 0 Å². The molecule has 2 heterocycles. The number of hydrogen-bond acceptors (Lipinski definition) is 5. The number of aromatic nitrogens is 2. The highest BCUT2D eigenvalue weighted by Gasteiger charge is 2.12. The number of benzene rings is 2. The van der Waals surface area contributed by atoms with Gasteiger partial charge in [-0.1, -0.05) is 47.7 Å². The second-order valence-electron chi connectivity index (χ2n) is 7.44. The highest BCUT2D eigenvalue weighted by Crippen LogP contribution is 2.21. The number of nitrogens with one attached hydrogen (secondary N) is 2. The Morgan fingerprint density at radius 1 is 1.03 bits per heavy atom. The molecule has 0 bridgehead atoms. The number of amides is 2. The van der Waals surface area contributed by atoms with Crippen molar-refractivity contribution < 1.29 is 14.0 Å². The monoisotopic (exact) mass is 460 g/mol. The number of rotatable bonds is 9. The summed E-state index contributed by atoms with van der Waals surface area (Å²) in [6, 6.07) is 18.9. The lowest BCUT2D eigenvalue weighted by Crippen LogP contribution is -2.24. The third kappa shape index (κ3) is 6.14. The Morgan fingerprint density at radius 3 is 2.67 bits per heavy atom. The fourth-order valence-electron chi connectivity index (χ4n) is 3.16. The van der Waals surface area contributed by atoms with Gasteiger partial charge < -0.3 is 15.1 Å². The Hall–Kier alpha value is -3.78. The van der Waals surface area contributed by atoms with Gasteiger partial charge in [-0.2, -0.15) is 0 Å². The van der Waals surface area contributed by atoms with Gasteiger partial charge in [0.25, 0.3) is 5.91 Å². The fourth-order valence-corrected chi connectivity index (χ4v) is 3.96. The number of nitrogens with zero attached hydrogens (tertiary/aromatic N) is 2. The van der Waals surface area contributed by atoms with Gasteiger partial charge in [0.1, 0.15) is 5.76 Å². The lowest BCUT2D eigenvalue weighted by atomic mass is 10.1. The minimum Gasteiger partial charge on any atom is -0.467 e. The summed E-state index contributed by atoms with van der Waals surface area (Å²) in [6.45, 7) is 2.84. The Kier molecular flexibility index (Phi) is 7.26. The van der Waals surface area contributed by atoms with E-state index in [-0.39, 0.29) is 17.6 Å². The zero-order chi connectivity index (χ0) is 23.0. The summed E-state index contributed by atoms with van der Waals surface area (Å²) in [4.78, 5) is 29.2. The Labute approximate surface area is 196 Å². The van der Waals surface area contributed by atoms with Gasteiger partial charge in [0, 0.05) is 30.2 Å². The average molecular weight is 461 g/mol. The highest BCUT2D eigenvalue weighted by atomic mass is 32.2. The van der Waals surface area contributed by atoms with Gasteiger partial charge in [-0.3, -0.25) is 14.2 Å². The SMILES string of the molecule is Cc1ccc(CNC(=O)CSc2nccn2-c2cccc(C(=O)NCc3ccco3)c2)cc1. The lowest BCUT2D eigenvalue weighted by Gasteiger charge is -2.10. The maximum atomic E-state index is 12.5. The minimum atomic E-state index is -0.196. The van der Waals surface area contributed by atoms with Crippen LogP contribution >= 0.6 is 11.8 Å². The number of imidazole rings is 1. The maximum Gasteiger partial charge on any atom is 0.251 e. The first-order chi connectivity index (χ1) is 16.1. The van der Waals surface area contributed by atoms with Crippen molar-refractivity contribution in [1.29, 1.82) is 0 Å². The van der Waals surface area contributed by atoms with E-state index < -0.39 is 0 Å². The van der Waals surface area contributed by atoms with E-state index in [1.165, 1.54) is 17.3 Å². The number of carbonyl (C=O) groups excluding carboxylic acids is 2. The summed E-state index contributed by atoms with van der Waals surface area (Å²) in [5.74, 6) is 0.666. The van der Waals surface area contributed by atoms with Crippen LogP contribution in [0, 0.1) is 6.92 Å². The summed E-state index contributed by atoms with van der Waals surface area (Å²) in [7, 11) is 0. The molecule has 2 aromatic carbocycles. The smallest absolute Gasteiger partial charge is 0.251 e. The number of hydrogen-bond donors (Lipinski definition) is 2. The summed E-state index contributed by atoms with van der Waals surface area (Å²) in [5.41, 5.74) is 3.56. The molecule has 0 aliphatic carbocycles. The van der Waals surface area contributed by atoms with Gasteiger partial charge in [-0.15, -0.1) is 0 Å². The van der Waals surface area contributed by atoms with E-state index in [1.54, 1.807) is 30.7 Å². The molecule has 168 valence electrons. The van der Waals surface area contributed by atoms with Gasteiger partial charge in [0.15, 0.2) is 5.16 Å². The highest BCUT2D eigenvalue weighted by molar-refractivity contribution is 7.99. The third-order valence-corrected chi connectivity index (χ3v) is 5.91. The first-order valence-electron chi connectivity index (χ1n) is 10.5. The summed E-state index contributed by atoms with van der Waals surface area (Å²) < 4.78 is 7.11. The number of carbonyl (C=O) groups is 2. The molecule has 8 heteroatoms. The van der Waals surface area contributed by atoms with Crippen LogP contribution in [-0.4, -0.2) is 27.1 Å². The van der Waals surface area contributed by atoms with E-state index in [1.807, 2.05) is 60.2 Å². The molecule has 0 fully saturated rings. The van der Waals surface area contributed by atoms with Crippen LogP contribution in [-0.2, 0) is 17.9 Å². The van der Waals surface area contributed by atoms with Crippen molar-refractivity contribution >= 4 is 23.6 Å². The normalized spacial score (nSPS) is 10.7. The van der Waals surface area contributed by atoms with Crippen molar-refractivity contribution in [2.24, 2.45) is 0 Å². The number of aryl methyl sites for hydroxylation is 1. The molecule has 4 rings (SSSR count). The van der Waals surface area contributed by atoms with Crippen LogP contribution in [0.4, 0.5) is 0 Å². The molecule has 0 aliphatic heterocycles. The maximum absolute atomic E-state index is 12.5. The molecule has 33 heavy (non-hydrogen) atoms. The first kappa shape index (κ1) is 22.4. The second-order valence-corrected chi connectivity index (χ2v) is 8.39. The van der Waals surface area contributed by atoms with E-state index in [0.717, 1.165) is 11.3 Å². The van der Waals surface area contributed by atoms with Gasteiger partial charge >= 0.3 is 0 Å². The second kappa shape index (κ2) is 10.7. The molecule has 0 saturated heterocycles. The van der Waals surface area contributed by atoms with Gasteiger partial charge in [0.05, 0.1) is 18.6 Å². The quantitative estimate of drug-likeness (QED) is 0.367. The van der Waals surface area contributed by atoms with Crippen molar-refractivity contribution in [2.75, 3.05) is 5.75 Å². The fraction of sp³-hybridized carbons (Fsp3) is 0.160. The molecule has 0 atom stereocenters. The molecule has 4 aromatic rings. The molecule has 7 nitrogen and oxygen atoms in total. The zero-order valence-electron chi connectivity index (χ0n) is 18.2. The van der Waals surface area contributed by atoms with Crippen LogP contribution in [0.2, 0.25) is 0 Å². The number of thioether (sulfide) groups is 1. The molecular weight excluding hydrogens is 436 g/mol. The molecular formula is C25H24N4O3S. The molecule has 0 unspecified atom stereocenters. The van der Waals surface area contributed by atoms with Crippen molar-refractivity contribution in [3.63, 3.8) is 0 Å². The third-order valence-electron chi connectivity index (χ3n) is 4.94. The molecule has 2 amide bonds. The summed E-state index contributed by atoms with van der Waals surface area (Å²) >= 11 is 1.34. The summed E-state index contributed by atoms with van der Waals surface area (Å²) in [5, 5.41) is 6.45. The predicted molar refractivity (Wildman–Crippen MR) is 127 cm³/mol. The minimum absolute atomic E-state index is 0.0684. The van der Waals surface area contributed by atoms with Crippen molar-refractivity contribution in [2.45, 2.75) is 25.2 Å². The number of furan rings is 1. The van der Waals surface area contributed by atoms with Crippen LogP contribution in [0.15, 0.2) is 88.9 Å². The molecule has 2 aromatic heterocycles. The van der Waals surface area contributed by atoms with E-state index >= 15 is 0 Å². The van der Waals surface area contributed by atoms with Crippen LogP contribution in [0.1, 0.15) is 27.2 Å².